The van der Waals surface area contributed by atoms with Gasteiger partial charge in [0.05, 0.1) is 0 Å². The molecular formula is C19H34N4O. The average molecular weight is 335 g/mol. The normalized spacial score (nSPS) is 19.6. The minimum Gasteiger partial charge on any atom is -0.396 e. The second-order valence-corrected chi connectivity index (χ2v) is 7.14. The second-order valence-electron chi connectivity index (χ2n) is 7.14. The van der Waals surface area contributed by atoms with E-state index in [1.54, 1.807) is 0 Å². The van der Waals surface area contributed by atoms with Crippen molar-refractivity contribution in [3.05, 3.63) is 29.4 Å². The van der Waals surface area contributed by atoms with Crippen molar-refractivity contribution in [3.8, 4) is 0 Å². The number of unbranched alkanes of at least 4 members (excludes halogenated alkanes) is 1. The summed E-state index contributed by atoms with van der Waals surface area (Å²) < 4.78 is 0. The minimum atomic E-state index is 0.259. The summed E-state index contributed by atoms with van der Waals surface area (Å²) in [6.45, 7) is 11.8. The smallest absolute Gasteiger partial charge is 0.106 e. The molecule has 2 heterocycles. The van der Waals surface area contributed by atoms with Gasteiger partial charge in [-0.05, 0) is 26.7 Å². The molecule has 0 bridgehead atoms. The van der Waals surface area contributed by atoms with Gasteiger partial charge in [-0.2, -0.15) is 0 Å². The van der Waals surface area contributed by atoms with E-state index in [2.05, 4.69) is 46.6 Å². The van der Waals surface area contributed by atoms with Crippen molar-refractivity contribution in [2.75, 3.05) is 32.8 Å². The lowest BCUT2D eigenvalue weighted by Crippen LogP contribution is -2.53. The van der Waals surface area contributed by atoms with Crippen LogP contribution in [0.15, 0.2) is 17.8 Å². The molecule has 1 atom stereocenters. The third-order valence-electron chi connectivity index (χ3n) is 4.73. The van der Waals surface area contributed by atoms with Gasteiger partial charge in [-0.3, -0.25) is 9.80 Å². The number of imidazole rings is 1. The highest BCUT2D eigenvalue weighted by molar-refractivity contribution is 5.03. The Balaban J connectivity index is 1.88. The first-order valence-corrected chi connectivity index (χ1v) is 9.35. The number of nitrogens with zero attached hydrogens (tertiary/aromatic N) is 3. The second kappa shape index (κ2) is 9.97. The maximum absolute atomic E-state index is 9.40. The standard InChI is InChI=1S/C19H34N4O/c1-4-5-6-19-20-13-17(21-19)14-22-10-11-23(9-7-16(2)3)18(15-22)8-12-24/h7,13,18,24H,4-6,8-12,14-15H2,1-3H3,(H,20,21). The number of piperazine rings is 1. The van der Waals surface area contributed by atoms with Crippen LogP contribution in [0, 0.1) is 0 Å². The molecule has 1 aromatic heterocycles. The number of aromatic amines is 1. The van der Waals surface area contributed by atoms with Gasteiger partial charge in [-0.25, -0.2) is 4.98 Å². The first-order valence-electron chi connectivity index (χ1n) is 9.35. The number of H-pyrrole nitrogens is 1. The van der Waals surface area contributed by atoms with E-state index in [1.165, 1.54) is 24.1 Å². The van der Waals surface area contributed by atoms with Gasteiger partial charge in [0.25, 0.3) is 0 Å². The Kier molecular flexibility index (Phi) is 7.95. The Morgan fingerprint density at radius 1 is 1.42 bits per heavy atom. The largest absolute Gasteiger partial charge is 0.396 e. The van der Waals surface area contributed by atoms with Gasteiger partial charge in [0.15, 0.2) is 0 Å². The topological polar surface area (TPSA) is 55.4 Å². The molecule has 1 aliphatic heterocycles. The van der Waals surface area contributed by atoms with Crippen molar-refractivity contribution in [2.45, 2.75) is 59.0 Å². The number of hydrogen-bond acceptors (Lipinski definition) is 4. The predicted molar refractivity (Wildman–Crippen MR) is 99.0 cm³/mol. The zero-order chi connectivity index (χ0) is 17.4. The molecule has 2 N–H and O–H groups in total. The zero-order valence-electron chi connectivity index (χ0n) is 15.6. The number of hydrogen-bond donors (Lipinski definition) is 2. The van der Waals surface area contributed by atoms with Crippen LogP contribution in [0.4, 0.5) is 0 Å². The molecule has 1 aromatic rings. The zero-order valence-corrected chi connectivity index (χ0v) is 15.6. The van der Waals surface area contributed by atoms with E-state index in [4.69, 9.17) is 0 Å². The van der Waals surface area contributed by atoms with Gasteiger partial charge in [-0.15, -0.1) is 0 Å². The summed E-state index contributed by atoms with van der Waals surface area (Å²) in [5.74, 6) is 1.11. The van der Waals surface area contributed by atoms with Crippen LogP contribution in [-0.4, -0.2) is 63.7 Å². The number of aryl methyl sites for hydroxylation is 1. The van der Waals surface area contributed by atoms with E-state index in [1.807, 2.05) is 6.20 Å². The molecule has 0 saturated carbocycles. The molecule has 1 aliphatic rings. The highest BCUT2D eigenvalue weighted by Crippen LogP contribution is 2.15. The van der Waals surface area contributed by atoms with E-state index in [0.29, 0.717) is 6.04 Å². The summed E-state index contributed by atoms with van der Waals surface area (Å²) in [7, 11) is 0. The Morgan fingerprint density at radius 2 is 2.25 bits per heavy atom. The third kappa shape index (κ3) is 6.04. The number of aliphatic hydroxyl groups is 1. The molecule has 136 valence electrons. The first-order chi connectivity index (χ1) is 11.6. The fourth-order valence-corrected chi connectivity index (χ4v) is 3.26. The maximum Gasteiger partial charge on any atom is 0.106 e. The van der Waals surface area contributed by atoms with Crippen LogP contribution in [0.25, 0.3) is 0 Å². The van der Waals surface area contributed by atoms with Gasteiger partial charge in [-0.1, -0.05) is 25.0 Å². The van der Waals surface area contributed by atoms with E-state index >= 15 is 0 Å². The van der Waals surface area contributed by atoms with Crippen LogP contribution < -0.4 is 0 Å². The van der Waals surface area contributed by atoms with E-state index in [0.717, 1.165) is 51.4 Å². The van der Waals surface area contributed by atoms with E-state index in [9.17, 15) is 5.11 Å². The SMILES string of the molecule is CCCCc1ncc(CN2CCN(CC=C(C)C)C(CCO)C2)[nH]1. The molecular weight excluding hydrogens is 300 g/mol. The molecule has 0 aromatic carbocycles. The molecule has 5 nitrogen and oxygen atoms in total. The predicted octanol–water partition coefficient (Wildman–Crippen LogP) is 2.59. The van der Waals surface area contributed by atoms with Crippen molar-refractivity contribution >= 4 is 0 Å². The third-order valence-corrected chi connectivity index (χ3v) is 4.73. The van der Waals surface area contributed by atoms with Crippen LogP contribution in [0.5, 0.6) is 0 Å². The van der Waals surface area contributed by atoms with E-state index in [-0.39, 0.29) is 6.61 Å². The fraction of sp³-hybridized carbons (Fsp3) is 0.737. The fourth-order valence-electron chi connectivity index (χ4n) is 3.26. The summed E-state index contributed by atoms with van der Waals surface area (Å²) >= 11 is 0. The van der Waals surface area contributed by atoms with Crippen molar-refractivity contribution < 1.29 is 5.11 Å². The number of aliphatic hydroxyl groups excluding tert-OH is 1. The number of rotatable bonds is 9. The Morgan fingerprint density at radius 3 is 2.96 bits per heavy atom. The first kappa shape index (κ1) is 19.2. The van der Waals surface area contributed by atoms with Crippen molar-refractivity contribution in [1.29, 1.82) is 0 Å². The maximum atomic E-state index is 9.40. The Labute approximate surface area is 146 Å². The Hall–Kier alpha value is -1.17. The molecule has 2 rings (SSSR count). The van der Waals surface area contributed by atoms with Crippen molar-refractivity contribution in [2.24, 2.45) is 0 Å². The highest BCUT2D eigenvalue weighted by Gasteiger charge is 2.26. The van der Waals surface area contributed by atoms with Crippen LogP contribution in [0.3, 0.4) is 0 Å². The van der Waals surface area contributed by atoms with Gasteiger partial charge < -0.3 is 10.1 Å². The van der Waals surface area contributed by atoms with Gasteiger partial charge >= 0.3 is 0 Å². The van der Waals surface area contributed by atoms with E-state index < -0.39 is 0 Å². The summed E-state index contributed by atoms with van der Waals surface area (Å²) in [5.41, 5.74) is 2.57. The van der Waals surface area contributed by atoms with Gasteiger partial charge in [0.1, 0.15) is 5.82 Å². The Bertz CT molecular complexity index is 507. The minimum absolute atomic E-state index is 0.259. The van der Waals surface area contributed by atoms with Crippen LogP contribution >= 0.6 is 0 Å². The average Bonchev–Trinajstić information content (AvgIpc) is 3.00. The highest BCUT2D eigenvalue weighted by atomic mass is 16.3. The molecule has 0 spiro atoms. The molecule has 24 heavy (non-hydrogen) atoms. The van der Waals surface area contributed by atoms with Crippen LogP contribution in [0.1, 0.15) is 51.6 Å². The van der Waals surface area contributed by atoms with Crippen LogP contribution in [-0.2, 0) is 13.0 Å². The molecule has 1 unspecified atom stereocenters. The number of nitrogens with one attached hydrogen (secondary N) is 1. The quantitative estimate of drug-likeness (QED) is 0.682. The van der Waals surface area contributed by atoms with Gasteiger partial charge in [0, 0.05) is 63.7 Å². The van der Waals surface area contributed by atoms with Gasteiger partial charge in [0.2, 0.25) is 0 Å². The lowest BCUT2D eigenvalue weighted by atomic mass is 10.1. The summed E-state index contributed by atoms with van der Waals surface area (Å²) in [5, 5.41) is 9.40. The molecule has 1 fully saturated rings. The molecule has 0 amide bonds. The van der Waals surface area contributed by atoms with Crippen molar-refractivity contribution in [3.63, 3.8) is 0 Å². The molecule has 5 heteroatoms. The monoisotopic (exact) mass is 334 g/mol. The van der Waals surface area contributed by atoms with Crippen LogP contribution in [0.2, 0.25) is 0 Å². The lowest BCUT2D eigenvalue weighted by molar-refractivity contribution is 0.0631. The molecule has 1 saturated heterocycles. The summed E-state index contributed by atoms with van der Waals surface area (Å²) in [4.78, 5) is 12.9. The molecule has 0 radical (unpaired) electrons. The number of allylic oxidation sites excluding steroid dienone is 1. The molecule has 0 aliphatic carbocycles. The summed E-state index contributed by atoms with van der Waals surface area (Å²) in [6.07, 6.45) is 8.55. The van der Waals surface area contributed by atoms with Crippen molar-refractivity contribution in [1.82, 2.24) is 19.8 Å². The summed E-state index contributed by atoms with van der Waals surface area (Å²) in [6, 6.07) is 0.432. The number of aromatic nitrogens is 2. The lowest BCUT2D eigenvalue weighted by Gasteiger charge is -2.41.